The quantitative estimate of drug-likeness (QED) is 0.793. The Labute approximate surface area is 103 Å². The van der Waals surface area contributed by atoms with Crippen molar-refractivity contribution in [1.82, 2.24) is 15.2 Å². The van der Waals surface area contributed by atoms with Gasteiger partial charge in [-0.1, -0.05) is 13.8 Å². The third-order valence-electron chi connectivity index (χ3n) is 2.61. The van der Waals surface area contributed by atoms with E-state index in [-0.39, 0.29) is 0 Å². The Balaban J connectivity index is 2.27. The lowest BCUT2D eigenvalue weighted by molar-refractivity contribution is 0.246. The fourth-order valence-electron chi connectivity index (χ4n) is 1.71. The maximum absolute atomic E-state index is 4.26. The SMILES string of the molecule is CC(C)CC(CNCc1nccs1)N(C)C. The second kappa shape index (κ2) is 6.99. The van der Waals surface area contributed by atoms with Crippen molar-refractivity contribution >= 4 is 11.3 Å². The minimum Gasteiger partial charge on any atom is -0.309 e. The maximum atomic E-state index is 4.26. The number of hydrogen-bond donors (Lipinski definition) is 1. The van der Waals surface area contributed by atoms with Gasteiger partial charge < -0.3 is 10.2 Å². The molecule has 1 atom stereocenters. The van der Waals surface area contributed by atoms with E-state index in [9.17, 15) is 0 Å². The van der Waals surface area contributed by atoms with E-state index in [0.29, 0.717) is 6.04 Å². The first-order chi connectivity index (χ1) is 7.59. The topological polar surface area (TPSA) is 28.2 Å². The van der Waals surface area contributed by atoms with Crippen molar-refractivity contribution in [2.75, 3.05) is 20.6 Å². The van der Waals surface area contributed by atoms with Gasteiger partial charge in [0, 0.05) is 30.7 Å². The first kappa shape index (κ1) is 13.6. The van der Waals surface area contributed by atoms with Crippen molar-refractivity contribution in [3.8, 4) is 0 Å². The highest BCUT2D eigenvalue weighted by Gasteiger charge is 2.12. The average molecular weight is 241 g/mol. The Morgan fingerprint density at radius 3 is 2.69 bits per heavy atom. The molecular formula is C12H23N3S. The Hall–Kier alpha value is -0.450. The molecule has 0 aliphatic rings. The maximum Gasteiger partial charge on any atom is 0.106 e. The van der Waals surface area contributed by atoms with Crippen LogP contribution in [0.1, 0.15) is 25.3 Å². The lowest BCUT2D eigenvalue weighted by Gasteiger charge is -2.26. The van der Waals surface area contributed by atoms with Crippen LogP contribution in [-0.4, -0.2) is 36.6 Å². The van der Waals surface area contributed by atoms with E-state index in [0.717, 1.165) is 19.0 Å². The Morgan fingerprint density at radius 2 is 2.19 bits per heavy atom. The van der Waals surface area contributed by atoms with E-state index in [1.807, 2.05) is 11.6 Å². The zero-order chi connectivity index (χ0) is 12.0. The summed E-state index contributed by atoms with van der Waals surface area (Å²) in [4.78, 5) is 6.56. The summed E-state index contributed by atoms with van der Waals surface area (Å²) in [5.41, 5.74) is 0. The lowest BCUT2D eigenvalue weighted by atomic mass is 10.0. The first-order valence-corrected chi connectivity index (χ1v) is 6.73. The molecule has 1 aromatic rings. The van der Waals surface area contributed by atoms with E-state index in [4.69, 9.17) is 0 Å². The number of nitrogens with one attached hydrogen (secondary N) is 1. The standard InChI is InChI=1S/C12H23N3S/c1-10(2)7-11(15(3)4)8-13-9-12-14-5-6-16-12/h5-6,10-11,13H,7-9H2,1-4H3. The molecule has 0 amide bonds. The van der Waals surface area contributed by atoms with E-state index >= 15 is 0 Å². The lowest BCUT2D eigenvalue weighted by Crippen LogP contribution is -2.38. The predicted octanol–water partition coefficient (Wildman–Crippen LogP) is 2.21. The number of nitrogens with zero attached hydrogens (tertiary/aromatic N) is 2. The summed E-state index contributed by atoms with van der Waals surface area (Å²) >= 11 is 1.71. The summed E-state index contributed by atoms with van der Waals surface area (Å²) in [6, 6.07) is 0.611. The van der Waals surface area contributed by atoms with Crippen LogP contribution in [-0.2, 0) is 6.54 Å². The Bertz CT molecular complexity index is 270. The molecule has 0 aliphatic carbocycles. The summed E-state index contributed by atoms with van der Waals surface area (Å²) in [6.45, 7) is 6.47. The van der Waals surface area contributed by atoms with Gasteiger partial charge in [0.05, 0.1) is 0 Å². The highest BCUT2D eigenvalue weighted by Crippen LogP contribution is 2.09. The van der Waals surface area contributed by atoms with Crippen molar-refractivity contribution in [2.45, 2.75) is 32.9 Å². The van der Waals surface area contributed by atoms with Gasteiger partial charge in [-0.05, 0) is 26.4 Å². The van der Waals surface area contributed by atoms with Gasteiger partial charge in [-0.3, -0.25) is 0 Å². The number of thiazole rings is 1. The summed E-state index contributed by atoms with van der Waals surface area (Å²) < 4.78 is 0. The third kappa shape index (κ3) is 5.05. The minimum absolute atomic E-state index is 0.611. The monoisotopic (exact) mass is 241 g/mol. The smallest absolute Gasteiger partial charge is 0.106 e. The molecule has 0 aliphatic heterocycles. The van der Waals surface area contributed by atoms with E-state index in [1.54, 1.807) is 11.3 Å². The van der Waals surface area contributed by atoms with Crippen LogP contribution in [0.25, 0.3) is 0 Å². The van der Waals surface area contributed by atoms with Crippen LogP contribution in [0, 0.1) is 5.92 Å². The molecule has 0 radical (unpaired) electrons. The van der Waals surface area contributed by atoms with Gasteiger partial charge in [-0.2, -0.15) is 0 Å². The summed E-state index contributed by atoms with van der Waals surface area (Å²) in [6.07, 6.45) is 3.09. The molecule has 92 valence electrons. The first-order valence-electron chi connectivity index (χ1n) is 5.85. The van der Waals surface area contributed by atoms with E-state index in [1.165, 1.54) is 11.4 Å². The van der Waals surface area contributed by atoms with Crippen molar-refractivity contribution in [3.63, 3.8) is 0 Å². The van der Waals surface area contributed by atoms with Gasteiger partial charge in [0.15, 0.2) is 0 Å². The molecule has 0 saturated carbocycles. The molecule has 0 bridgehead atoms. The Kier molecular flexibility index (Phi) is 5.95. The Morgan fingerprint density at radius 1 is 1.44 bits per heavy atom. The molecule has 3 nitrogen and oxygen atoms in total. The molecule has 0 aromatic carbocycles. The summed E-state index contributed by atoms with van der Waals surface area (Å²) in [5, 5.41) is 6.67. The van der Waals surface area contributed by atoms with Crippen LogP contribution < -0.4 is 5.32 Å². The summed E-state index contributed by atoms with van der Waals surface area (Å²) in [7, 11) is 4.30. The molecule has 1 heterocycles. The highest BCUT2D eigenvalue weighted by molar-refractivity contribution is 7.09. The van der Waals surface area contributed by atoms with Crippen LogP contribution in [0.4, 0.5) is 0 Å². The van der Waals surface area contributed by atoms with Crippen molar-refractivity contribution in [2.24, 2.45) is 5.92 Å². The fourth-order valence-corrected chi connectivity index (χ4v) is 2.29. The van der Waals surface area contributed by atoms with Crippen LogP contribution >= 0.6 is 11.3 Å². The number of aromatic nitrogens is 1. The summed E-state index contributed by atoms with van der Waals surface area (Å²) in [5.74, 6) is 0.745. The number of likely N-dealkylation sites (N-methyl/N-ethyl adjacent to an activating group) is 1. The van der Waals surface area contributed by atoms with Gasteiger partial charge >= 0.3 is 0 Å². The van der Waals surface area contributed by atoms with Crippen LogP contribution in [0.15, 0.2) is 11.6 Å². The fraction of sp³-hybridized carbons (Fsp3) is 0.750. The molecule has 16 heavy (non-hydrogen) atoms. The van der Waals surface area contributed by atoms with Gasteiger partial charge in [0.2, 0.25) is 0 Å². The van der Waals surface area contributed by atoms with Crippen molar-refractivity contribution < 1.29 is 0 Å². The molecule has 1 rings (SSSR count). The van der Waals surface area contributed by atoms with Crippen LogP contribution in [0.3, 0.4) is 0 Å². The van der Waals surface area contributed by atoms with Crippen LogP contribution in [0.5, 0.6) is 0 Å². The van der Waals surface area contributed by atoms with Gasteiger partial charge in [-0.15, -0.1) is 11.3 Å². The van der Waals surface area contributed by atoms with Gasteiger partial charge in [-0.25, -0.2) is 4.98 Å². The normalized spacial score (nSPS) is 13.6. The molecule has 4 heteroatoms. The molecular weight excluding hydrogens is 218 g/mol. The second-order valence-corrected chi connectivity index (χ2v) is 5.78. The van der Waals surface area contributed by atoms with Crippen molar-refractivity contribution in [3.05, 3.63) is 16.6 Å². The predicted molar refractivity (Wildman–Crippen MR) is 70.8 cm³/mol. The minimum atomic E-state index is 0.611. The van der Waals surface area contributed by atoms with Crippen molar-refractivity contribution in [1.29, 1.82) is 0 Å². The number of hydrogen-bond acceptors (Lipinski definition) is 4. The zero-order valence-corrected chi connectivity index (χ0v) is 11.5. The average Bonchev–Trinajstić information content (AvgIpc) is 2.68. The van der Waals surface area contributed by atoms with E-state index < -0.39 is 0 Å². The number of rotatable bonds is 7. The third-order valence-corrected chi connectivity index (χ3v) is 3.39. The molecule has 0 spiro atoms. The largest absolute Gasteiger partial charge is 0.309 e. The van der Waals surface area contributed by atoms with Gasteiger partial charge in [0.25, 0.3) is 0 Å². The van der Waals surface area contributed by atoms with Crippen LogP contribution in [0.2, 0.25) is 0 Å². The molecule has 1 N–H and O–H groups in total. The second-order valence-electron chi connectivity index (χ2n) is 4.80. The molecule has 1 unspecified atom stereocenters. The molecule has 0 saturated heterocycles. The molecule has 0 fully saturated rings. The highest BCUT2D eigenvalue weighted by atomic mass is 32.1. The molecule has 1 aromatic heterocycles. The zero-order valence-electron chi connectivity index (χ0n) is 10.7. The van der Waals surface area contributed by atoms with E-state index in [2.05, 4.69) is 43.1 Å². The van der Waals surface area contributed by atoms with Gasteiger partial charge in [0.1, 0.15) is 5.01 Å².